The highest BCUT2D eigenvalue weighted by molar-refractivity contribution is 6.08. The van der Waals surface area contributed by atoms with Gasteiger partial charge in [-0.2, -0.15) is 0 Å². The molecule has 1 aliphatic heterocycles. The molecule has 0 aliphatic carbocycles. The van der Waals surface area contributed by atoms with Gasteiger partial charge in [0.05, 0.1) is 36.8 Å². The number of hydrogen-bond acceptors (Lipinski definition) is 5. The summed E-state index contributed by atoms with van der Waals surface area (Å²) in [5, 5.41) is 12.2. The van der Waals surface area contributed by atoms with Crippen LogP contribution in [-0.4, -0.2) is 40.4 Å². The number of esters is 1. The predicted octanol–water partition coefficient (Wildman–Crippen LogP) is 3.03. The molecule has 0 unspecified atom stereocenters. The summed E-state index contributed by atoms with van der Waals surface area (Å²) in [6.07, 6.45) is 3.28. The number of carbonyl (C=O) groups excluding carboxylic acids is 1. The molecular formula is C22H22N2O4. The molecule has 0 saturated heterocycles. The van der Waals surface area contributed by atoms with Crippen molar-refractivity contribution in [3.63, 3.8) is 0 Å². The van der Waals surface area contributed by atoms with Gasteiger partial charge in [0, 0.05) is 36.0 Å². The third kappa shape index (κ3) is 2.77. The van der Waals surface area contributed by atoms with Gasteiger partial charge in [0.15, 0.2) is 0 Å². The number of fused-ring (bicyclic) bond motifs is 3. The zero-order chi connectivity index (χ0) is 19.8. The Morgan fingerprint density at radius 1 is 1.29 bits per heavy atom. The number of aromatic nitrogens is 2. The van der Waals surface area contributed by atoms with Gasteiger partial charge in [0.25, 0.3) is 0 Å². The third-order valence-electron chi connectivity index (χ3n) is 5.40. The first-order valence-electron chi connectivity index (χ1n) is 9.15. The van der Waals surface area contributed by atoms with Crippen molar-refractivity contribution in [1.82, 2.24) is 9.55 Å². The summed E-state index contributed by atoms with van der Waals surface area (Å²) in [7, 11) is 3.35. The highest BCUT2D eigenvalue weighted by Gasteiger charge is 2.28. The lowest BCUT2D eigenvalue weighted by Gasteiger charge is -2.25. The van der Waals surface area contributed by atoms with Gasteiger partial charge in [-0.15, -0.1) is 0 Å². The number of aliphatic hydroxyl groups is 1. The fraction of sp³-hybridized carbons (Fsp3) is 0.273. The van der Waals surface area contributed by atoms with Crippen molar-refractivity contribution in [2.75, 3.05) is 13.7 Å². The molecule has 0 spiro atoms. The van der Waals surface area contributed by atoms with Crippen LogP contribution in [0, 0.1) is 0 Å². The Morgan fingerprint density at radius 3 is 2.82 bits per heavy atom. The number of hydrogen-bond donors (Lipinski definition) is 1. The number of rotatable bonds is 4. The number of ether oxygens (including phenoxy) is 2. The second-order valence-electron chi connectivity index (χ2n) is 6.87. The molecule has 1 aliphatic rings. The minimum absolute atomic E-state index is 0.198. The zero-order valence-corrected chi connectivity index (χ0v) is 16.1. The number of nitrogens with zero attached hydrogens (tertiary/aromatic N) is 2. The fourth-order valence-electron chi connectivity index (χ4n) is 3.96. The SMILES string of the molecule is COC(=O)C1=CO[C@@H](C)C(CO)=C1Cc1nccc2c3ccccc3n(C)c12. The number of methoxy groups -OCH3 is 1. The minimum Gasteiger partial charge on any atom is -0.493 e. The third-order valence-corrected chi connectivity index (χ3v) is 5.40. The Balaban J connectivity index is 1.91. The predicted molar refractivity (Wildman–Crippen MR) is 107 cm³/mol. The van der Waals surface area contributed by atoms with E-state index in [0.29, 0.717) is 23.1 Å². The quantitative estimate of drug-likeness (QED) is 0.707. The van der Waals surface area contributed by atoms with Crippen molar-refractivity contribution in [2.24, 2.45) is 7.05 Å². The van der Waals surface area contributed by atoms with Crippen molar-refractivity contribution < 1.29 is 19.4 Å². The van der Waals surface area contributed by atoms with Gasteiger partial charge in [0.1, 0.15) is 6.10 Å². The average Bonchev–Trinajstić information content (AvgIpc) is 3.01. The molecule has 6 nitrogen and oxygen atoms in total. The summed E-state index contributed by atoms with van der Waals surface area (Å²) in [5.41, 5.74) is 4.66. The summed E-state index contributed by atoms with van der Waals surface area (Å²) in [4.78, 5) is 16.9. The molecule has 0 bridgehead atoms. The smallest absolute Gasteiger partial charge is 0.341 e. The Morgan fingerprint density at radius 2 is 2.07 bits per heavy atom. The second kappa shape index (κ2) is 7.13. The minimum atomic E-state index is -0.489. The van der Waals surface area contributed by atoms with E-state index in [0.717, 1.165) is 27.5 Å². The molecular weight excluding hydrogens is 356 g/mol. The van der Waals surface area contributed by atoms with Gasteiger partial charge < -0.3 is 19.1 Å². The topological polar surface area (TPSA) is 73.6 Å². The molecule has 144 valence electrons. The first-order chi connectivity index (χ1) is 13.6. The van der Waals surface area contributed by atoms with Crippen molar-refractivity contribution in [3.05, 3.63) is 65.2 Å². The van der Waals surface area contributed by atoms with E-state index in [9.17, 15) is 9.90 Å². The van der Waals surface area contributed by atoms with E-state index in [-0.39, 0.29) is 12.7 Å². The van der Waals surface area contributed by atoms with Gasteiger partial charge in [-0.3, -0.25) is 4.98 Å². The van der Waals surface area contributed by atoms with E-state index in [1.54, 1.807) is 6.20 Å². The number of para-hydroxylation sites is 1. The Labute approximate surface area is 162 Å². The van der Waals surface area contributed by atoms with Crippen LogP contribution in [0.3, 0.4) is 0 Å². The van der Waals surface area contributed by atoms with Gasteiger partial charge in [0.2, 0.25) is 0 Å². The second-order valence-corrected chi connectivity index (χ2v) is 6.87. The van der Waals surface area contributed by atoms with Crippen LogP contribution in [0.5, 0.6) is 0 Å². The summed E-state index contributed by atoms with van der Waals surface area (Å²) < 4.78 is 12.6. The largest absolute Gasteiger partial charge is 0.493 e. The Bertz CT molecular complexity index is 1140. The van der Waals surface area contributed by atoms with Crippen LogP contribution in [-0.2, 0) is 27.7 Å². The lowest BCUT2D eigenvalue weighted by atomic mass is 9.91. The molecule has 3 aromatic rings. The van der Waals surface area contributed by atoms with Crippen LogP contribution in [0.15, 0.2) is 59.5 Å². The van der Waals surface area contributed by atoms with Gasteiger partial charge in [-0.05, 0) is 30.2 Å². The number of carbonyl (C=O) groups is 1. The lowest BCUT2D eigenvalue weighted by molar-refractivity contribution is -0.136. The molecule has 1 atom stereocenters. The first kappa shape index (κ1) is 18.3. The maximum absolute atomic E-state index is 12.3. The molecule has 0 saturated carbocycles. The molecule has 0 amide bonds. The first-order valence-corrected chi connectivity index (χ1v) is 9.15. The molecule has 1 N–H and O–H groups in total. The molecule has 1 aromatic carbocycles. The number of pyridine rings is 1. The summed E-state index contributed by atoms with van der Waals surface area (Å²) in [5.74, 6) is -0.489. The summed E-state index contributed by atoms with van der Waals surface area (Å²) in [6, 6.07) is 10.2. The van der Waals surface area contributed by atoms with E-state index in [4.69, 9.17) is 9.47 Å². The molecule has 3 heterocycles. The Kier molecular flexibility index (Phi) is 4.65. The van der Waals surface area contributed by atoms with Crippen LogP contribution < -0.4 is 0 Å². The monoisotopic (exact) mass is 378 g/mol. The van der Waals surface area contributed by atoms with Crippen molar-refractivity contribution >= 4 is 27.8 Å². The van der Waals surface area contributed by atoms with Gasteiger partial charge in [-0.25, -0.2) is 4.79 Å². The normalized spacial score (nSPS) is 17.0. The van der Waals surface area contributed by atoms with Gasteiger partial charge in [-0.1, -0.05) is 18.2 Å². The molecule has 6 heteroatoms. The lowest BCUT2D eigenvalue weighted by Crippen LogP contribution is -2.24. The summed E-state index contributed by atoms with van der Waals surface area (Å²) in [6.45, 7) is 1.65. The van der Waals surface area contributed by atoms with E-state index >= 15 is 0 Å². The van der Waals surface area contributed by atoms with Crippen LogP contribution >= 0.6 is 0 Å². The number of aryl methyl sites for hydroxylation is 1. The van der Waals surface area contributed by atoms with Crippen LogP contribution in [0.4, 0.5) is 0 Å². The molecule has 0 radical (unpaired) electrons. The van der Waals surface area contributed by atoms with E-state index in [1.165, 1.54) is 13.4 Å². The van der Waals surface area contributed by atoms with Gasteiger partial charge >= 0.3 is 5.97 Å². The van der Waals surface area contributed by atoms with Crippen molar-refractivity contribution in [1.29, 1.82) is 0 Å². The van der Waals surface area contributed by atoms with Crippen molar-refractivity contribution in [2.45, 2.75) is 19.4 Å². The highest BCUT2D eigenvalue weighted by atomic mass is 16.5. The average molecular weight is 378 g/mol. The molecule has 0 fully saturated rings. The van der Waals surface area contributed by atoms with E-state index < -0.39 is 5.97 Å². The zero-order valence-electron chi connectivity index (χ0n) is 16.1. The van der Waals surface area contributed by atoms with Crippen LogP contribution in [0.2, 0.25) is 0 Å². The van der Waals surface area contributed by atoms with E-state index in [2.05, 4.69) is 21.7 Å². The molecule has 2 aromatic heterocycles. The molecule has 28 heavy (non-hydrogen) atoms. The highest BCUT2D eigenvalue weighted by Crippen LogP contribution is 2.33. The molecule has 4 rings (SSSR count). The maximum Gasteiger partial charge on any atom is 0.341 e. The van der Waals surface area contributed by atoms with Crippen LogP contribution in [0.25, 0.3) is 21.8 Å². The van der Waals surface area contributed by atoms with Crippen LogP contribution in [0.1, 0.15) is 12.6 Å². The Hall–Kier alpha value is -3.12. The summed E-state index contributed by atoms with van der Waals surface area (Å²) >= 11 is 0. The van der Waals surface area contributed by atoms with Crippen molar-refractivity contribution in [3.8, 4) is 0 Å². The maximum atomic E-state index is 12.3. The fourth-order valence-corrected chi connectivity index (χ4v) is 3.96. The number of aliphatic hydroxyl groups excluding tert-OH is 1. The van der Waals surface area contributed by atoms with E-state index in [1.807, 2.05) is 32.2 Å². The number of benzene rings is 1. The standard InChI is InChI=1S/C22H22N2O4/c1-13-17(11-25)16(18(12-28-13)22(26)27-3)10-19-21-15(8-9-23-19)14-6-4-5-7-20(14)24(21)2/h4-9,12-13,25H,10-11H2,1-3H3/t13-/m0/s1.